The molecule has 0 spiro atoms. The molecule has 0 bridgehead atoms. The summed E-state index contributed by atoms with van der Waals surface area (Å²) in [4.78, 5) is 31.7. The summed E-state index contributed by atoms with van der Waals surface area (Å²) in [7, 11) is 1.64. The fourth-order valence-corrected chi connectivity index (χ4v) is 4.43. The molecule has 0 fully saturated rings. The number of rotatable bonds is 7. The van der Waals surface area contributed by atoms with Gasteiger partial charge in [-0.3, -0.25) is 9.59 Å². The number of benzene rings is 3. The Hall–Kier alpha value is -3.58. The van der Waals surface area contributed by atoms with Gasteiger partial charge in [0.2, 0.25) is 5.91 Å². The average Bonchev–Trinajstić information content (AvgIpc) is 3.23. The van der Waals surface area contributed by atoms with Crippen molar-refractivity contribution in [1.82, 2.24) is 9.88 Å². The first-order valence-electron chi connectivity index (χ1n) is 10.6. The summed E-state index contributed by atoms with van der Waals surface area (Å²) in [6, 6.07) is 20.9. The van der Waals surface area contributed by atoms with Gasteiger partial charge in [-0.1, -0.05) is 60.3 Å². The molecule has 7 heteroatoms. The van der Waals surface area contributed by atoms with E-state index >= 15 is 0 Å². The predicted octanol–water partition coefficient (Wildman–Crippen LogP) is 5.45. The summed E-state index contributed by atoms with van der Waals surface area (Å²) < 4.78 is 5.77. The Morgan fingerprint density at radius 1 is 0.970 bits per heavy atom. The first kappa shape index (κ1) is 22.6. The van der Waals surface area contributed by atoms with Gasteiger partial charge in [0.25, 0.3) is 11.1 Å². The molecule has 33 heavy (non-hydrogen) atoms. The van der Waals surface area contributed by atoms with Crippen molar-refractivity contribution in [2.24, 2.45) is 0 Å². The highest BCUT2D eigenvalue weighted by Crippen LogP contribution is 2.27. The minimum atomic E-state index is -0.235. The number of anilines is 1. The highest BCUT2D eigenvalue weighted by molar-refractivity contribution is 7.98. The quantitative estimate of drug-likeness (QED) is 0.372. The molecule has 3 aromatic carbocycles. The van der Waals surface area contributed by atoms with E-state index in [0.29, 0.717) is 16.5 Å². The Kier molecular flexibility index (Phi) is 6.79. The maximum atomic E-state index is 13.1. The normalized spacial score (nSPS) is 10.9. The maximum Gasteiger partial charge on any atom is 0.257 e. The number of aromatic nitrogens is 1. The maximum absolute atomic E-state index is 13.1. The van der Waals surface area contributed by atoms with Gasteiger partial charge in [0, 0.05) is 24.1 Å². The van der Waals surface area contributed by atoms with Gasteiger partial charge in [-0.25, -0.2) is 4.98 Å². The second-order valence-corrected chi connectivity index (χ2v) is 8.80. The number of hydrogen-bond acceptors (Lipinski definition) is 5. The smallest absolute Gasteiger partial charge is 0.257 e. The van der Waals surface area contributed by atoms with Crippen molar-refractivity contribution in [1.29, 1.82) is 0 Å². The minimum absolute atomic E-state index is 0.0424. The van der Waals surface area contributed by atoms with E-state index in [2.05, 4.69) is 10.3 Å². The van der Waals surface area contributed by atoms with Crippen molar-refractivity contribution < 1.29 is 14.0 Å². The number of nitrogens with one attached hydrogen (secondary N) is 1. The van der Waals surface area contributed by atoms with Gasteiger partial charge in [0.05, 0.1) is 6.54 Å². The molecule has 168 valence electrons. The van der Waals surface area contributed by atoms with Crippen LogP contribution in [0, 0.1) is 13.8 Å². The summed E-state index contributed by atoms with van der Waals surface area (Å²) in [5, 5.41) is 3.49. The second-order valence-electron chi connectivity index (χ2n) is 7.87. The van der Waals surface area contributed by atoms with Gasteiger partial charge in [-0.15, -0.1) is 0 Å². The van der Waals surface area contributed by atoms with E-state index in [4.69, 9.17) is 4.42 Å². The third-order valence-electron chi connectivity index (χ3n) is 5.35. The number of carbonyl (C=O) groups excluding carboxylic acids is 2. The van der Waals surface area contributed by atoms with Crippen LogP contribution < -0.4 is 5.32 Å². The molecule has 0 unspecified atom stereocenters. The average molecular weight is 460 g/mol. The molecule has 0 saturated heterocycles. The lowest BCUT2D eigenvalue weighted by atomic mass is 10.1. The molecule has 0 radical (unpaired) electrons. The molecule has 4 rings (SSSR count). The zero-order chi connectivity index (χ0) is 23.4. The van der Waals surface area contributed by atoms with E-state index in [1.54, 1.807) is 13.1 Å². The molecule has 2 amide bonds. The largest absolute Gasteiger partial charge is 0.431 e. The molecule has 6 nitrogen and oxygen atoms in total. The van der Waals surface area contributed by atoms with Crippen LogP contribution in [0.15, 0.2) is 76.4 Å². The predicted molar refractivity (Wildman–Crippen MR) is 132 cm³/mol. The van der Waals surface area contributed by atoms with Crippen molar-refractivity contribution >= 4 is 40.4 Å². The van der Waals surface area contributed by atoms with Crippen LogP contribution in [-0.4, -0.2) is 35.3 Å². The Bertz CT molecular complexity index is 1260. The van der Waals surface area contributed by atoms with Crippen LogP contribution in [0.25, 0.3) is 11.1 Å². The third-order valence-corrected chi connectivity index (χ3v) is 6.22. The van der Waals surface area contributed by atoms with Crippen molar-refractivity contribution in [3.05, 3.63) is 89.0 Å². The Morgan fingerprint density at radius 3 is 2.42 bits per heavy atom. The standard InChI is InChI=1S/C26H25N3O3S/c1-17-9-8-10-18(2)24(17)28-23(30)15-29(3)25(31)20-12-5-4-11-19(20)16-33-26-27-21-13-6-7-14-22(21)32-26/h4-14H,15-16H2,1-3H3,(H,28,30). The van der Waals surface area contributed by atoms with Crippen LogP contribution in [0.1, 0.15) is 27.0 Å². The van der Waals surface area contributed by atoms with Crippen LogP contribution in [0.4, 0.5) is 5.69 Å². The van der Waals surface area contributed by atoms with Gasteiger partial charge in [-0.05, 0) is 48.7 Å². The van der Waals surface area contributed by atoms with E-state index in [1.165, 1.54) is 16.7 Å². The highest BCUT2D eigenvalue weighted by atomic mass is 32.2. The number of likely N-dealkylation sites (N-methyl/N-ethyl adjacent to an activating group) is 1. The zero-order valence-electron chi connectivity index (χ0n) is 18.8. The number of carbonyl (C=O) groups is 2. The molecule has 0 aliphatic rings. The highest BCUT2D eigenvalue weighted by Gasteiger charge is 2.19. The molecule has 0 aliphatic heterocycles. The Labute approximate surface area is 197 Å². The number of amides is 2. The first-order chi connectivity index (χ1) is 15.9. The van der Waals surface area contributed by atoms with Crippen LogP contribution in [-0.2, 0) is 10.5 Å². The van der Waals surface area contributed by atoms with Crippen LogP contribution in [0.2, 0.25) is 0 Å². The van der Waals surface area contributed by atoms with Crippen molar-refractivity contribution in [3.8, 4) is 0 Å². The van der Waals surface area contributed by atoms with E-state index in [9.17, 15) is 9.59 Å². The van der Waals surface area contributed by atoms with Crippen molar-refractivity contribution in [2.45, 2.75) is 24.8 Å². The number of fused-ring (bicyclic) bond motifs is 1. The van der Waals surface area contributed by atoms with Crippen LogP contribution >= 0.6 is 11.8 Å². The Balaban J connectivity index is 1.42. The number of oxazole rings is 1. The molecular weight excluding hydrogens is 434 g/mol. The lowest BCUT2D eigenvalue weighted by Gasteiger charge is -2.19. The zero-order valence-corrected chi connectivity index (χ0v) is 19.6. The SMILES string of the molecule is Cc1cccc(C)c1NC(=O)CN(C)C(=O)c1ccccc1CSc1nc2ccccc2o1. The summed E-state index contributed by atoms with van der Waals surface area (Å²) in [6.45, 7) is 3.85. The van der Waals surface area contributed by atoms with Crippen molar-refractivity contribution in [3.63, 3.8) is 0 Å². The molecule has 1 aromatic heterocycles. The van der Waals surface area contributed by atoms with E-state index < -0.39 is 0 Å². The molecule has 4 aromatic rings. The molecular formula is C26H25N3O3S. The van der Waals surface area contributed by atoms with Crippen LogP contribution in [0.3, 0.4) is 0 Å². The summed E-state index contributed by atoms with van der Waals surface area (Å²) in [5.74, 6) is 0.0824. The topological polar surface area (TPSA) is 75.4 Å². The number of thioether (sulfide) groups is 1. The summed E-state index contributed by atoms with van der Waals surface area (Å²) in [6.07, 6.45) is 0. The lowest BCUT2D eigenvalue weighted by Crippen LogP contribution is -2.35. The minimum Gasteiger partial charge on any atom is -0.431 e. The lowest BCUT2D eigenvalue weighted by molar-refractivity contribution is -0.116. The molecule has 0 saturated carbocycles. The van der Waals surface area contributed by atoms with Gasteiger partial charge < -0.3 is 14.6 Å². The number of para-hydroxylation sites is 3. The van der Waals surface area contributed by atoms with E-state index in [-0.39, 0.29) is 18.4 Å². The molecule has 1 N–H and O–H groups in total. The summed E-state index contributed by atoms with van der Waals surface area (Å²) in [5.41, 5.74) is 5.72. The number of aryl methyl sites for hydroxylation is 2. The Morgan fingerprint density at radius 2 is 1.67 bits per heavy atom. The van der Waals surface area contributed by atoms with Gasteiger partial charge in [0.15, 0.2) is 5.58 Å². The first-order valence-corrected chi connectivity index (χ1v) is 11.6. The van der Waals surface area contributed by atoms with Crippen LogP contribution in [0.5, 0.6) is 0 Å². The number of hydrogen-bond donors (Lipinski definition) is 1. The second kappa shape index (κ2) is 9.92. The fraction of sp³-hybridized carbons (Fsp3) is 0.192. The number of nitrogens with zero attached hydrogens (tertiary/aromatic N) is 2. The van der Waals surface area contributed by atoms with Gasteiger partial charge in [-0.2, -0.15) is 0 Å². The molecule has 0 atom stereocenters. The van der Waals surface area contributed by atoms with E-state index in [1.807, 2.05) is 74.5 Å². The molecule has 1 heterocycles. The third kappa shape index (κ3) is 5.26. The summed E-state index contributed by atoms with van der Waals surface area (Å²) >= 11 is 1.43. The van der Waals surface area contributed by atoms with Crippen molar-refractivity contribution in [2.75, 3.05) is 18.9 Å². The van der Waals surface area contributed by atoms with Gasteiger partial charge in [0.1, 0.15) is 5.52 Å². The fourth-order valence-electron chi connectivity index (χ4n) is 3.59. The monoisotopic (exact) mass is 459 g/mol. The van der Waals surface area contributed by atoms with E-state index in [0.717, 1.165) is 33.5 Å². The van der Waals surface area contributed by atoms with Gasteiger partial charge >= 0.3 is 0 Å². The molecule has 0 aliphatic carbocycles.